The Bertz CT molecular complexity index is 557. The average molecular weight is 308 g/mol. The Balaban J connectivity index is 2.11. The van der Waals surface area contributed by atoms with Crippen molar-refractivity contribution < 1.29 is 14.6 Å². The fraction of sp³-hybridized carbons (Fsp3) is 0.0769. The lowest BCUT2D eigenvalue weighted by Gasteiger charge is -2.06. The van der Waals surface area contributed by atoms with Gasteiger partial charge >= 0.3 is 5.97 Å². The second-order valence-corrected chi connectivity index (χ2v) is 4.44. The van der Waals surface area contributed by atoms with Gasteiger partial charge in [-0.1, -0.05) is 30.3 Å². The zero-order valence-corrected chi connectivity index (χ0v) is 10.9. The lowest BCUT2D eigenvalue weighted by Crippen LogP contribution is -2.02. The summed E-state index contributed by atoms with van der Waals surface area (Å²) in [4.78, 5) is 14.9. The van der Waals surface area contributed by atoms with Crippen molar-refractivity contribution in [2.75, 3.05) is 0 Å². The molecule has 2 aromatic rings. The molecule has 0 spiro atoms. The number of ether oxygens (including phenoxy) is 1. The lowest BCUT2D eigenvalue weighted by atomic mass is 10.2. The van der Waals surface area contributed by atoms with Crippen LogP contribution in [0.4, 0.5) is 0 Å². The van der Waals surface area contributed by atoms with Gasteiger partial charge in [0, 0.05) is 12.3 Å². The summed E-state index contributed by atoms with van der Waals surface area (Å²) in [5.74, 6) is -0.728. The number of benzene rings is 1. The topological polar surface area (TPSA) is 59.4 Å². The Morgan fingerprint density at radius 3 is 2.72 bits per heavy atom. The van der Waals surface area contributed by atoms with E-state index in [9.17, 15) is 4.79 Å². The van der Waals surface area contributed by atoms with E-state index in [1.54, 1.807) is 0 Å². The molecule has 4 nitrogen and oxygen atoms in total. The van der Waals surface area contributed by atoms with Crippen molar-refractivity contribution >= 4 is 21.9 Å². The summed E-state index contributed by atoms with van der Waals surface area (Å²) in [5, 5.41) is 8.96. The highest BCUT2D eigenvalue weighted by Crippen LogP contribution is 2.20. The van der Waals surface area contributed by atoms with Crippen LogP contribution in [0.5, 0.6) is 5.88 Å². The molecule has 1 aromatic heterocycles. The number of carboxylic acid groups (broad SMARTS) is 1. The highest BCUT2D eigenvalue weighted by atomic mass is 79.9. The Labute approximate surface area is 112 Å². The lowest BCUT2D eigenvalue weighted by molar-refractivity contribution is 0.0695. The highest BCUT2D eigenvalue weighted by molar-refractivity contribution is 9.10. The molecule has 92 valence electrons. The second-order valence-electron chi connectivity index (χ2n) is 3.58. The first-order valence-corrected chi connectivity index (χ1v) is 6.01. The molecule has 0 aliphatic carbocycles. The molecule has 5 heteroatoms. The van der Waals surface area contributed by atoms with Gasteiger partial charge < -0.3 is 9.84 Å². The first kappa shape index (κ1) is 12.6. The highest BCUT2D eigenvalue weighted by Gasteiger charge is 2.10. The number of hydrogen-bond acceptors (Lipinski definition) is 3. The summed E-state index contributed by atoms with van der Waals surface area (Å²) in [6.07, 6.45) is 1.42. The molecule has 2 rings (SSSR count). The van der Waals surface area contributed by atoms with Crippen molar-refractivity contribution in [3.05, 3.63) is 58.2 Å². The number of halogens is 1. The van der Waals surface area contributed by atoms with Gasteiger partial charge in [0.25, 0.3) is 0 Å². The molecule has 0 saturated carbocycles. The van der Waals surface area contributed by atoms with Gasteiger partial charge in [0.05, 0.1) is 10.0 Å². The van der Waals surface area contributed by atoms with Crippen LogP contribution in [0.25, 0.3) is 0 Å². The van der Waals surface area contributed by atoms with E-state index < -0.39 is 5.97 Å². The maximum Gasteiger partial charge on any atom is 0.337 e. The van der Waals surface area contributed by atoms with E-state index in [2.05, 4.69) is 20.9 Å². The molecule has 0 fully saturated rings. The maximum atomic E-state index is 10.9. The first-order chi connectivity index (χ1) is 8.66. The Kier molecular flexibility index (Phi) is 3.94. The number of nitrogens with zero attached hydrogens (tertiary/aromatic N) is 1. The number of carboxylic acids is 1. The van der Waals surface area contributed by atoms with Crippen LogP contribution < -0.4 is 4.74 Å². The molecule has 0 radical (unpaired) electrons. The molecule has 1 N–H and O–H groups in total. The molecule has 0 aliphatic heterocycles. The van der Waals surface area contributed by atoms with Gasteiger partial charge in [-0.15, -0.1) is 0 Å². The minimum atomic E-state index is -1.02. The van der Waals surface area contributed by atoms with Crippen LogP contribution in [-0.2, 0) is 6.61 Å². The summed E-state index contributed by atoms with van der Waals surface area (Å²) in [5.41, 5.74) is 1.13. The van der Waals surface area contributed by atoms with Gasteiger partial charge in [-0.25, -0.2) is 9.78 Å². The number of aromatic carboxylic acids is 1. The SMILES string of the molecule is O=C(O)c1cc(OCc2ccccc2)ncc1Br. The van der Waals surface area contributed by atoms with Crippen molar-refractivity contribution in [2.45, 2.75) is 6.61 Å². The number of carbonyl (C=O) groups is 1. The molecule has 0 atom stereocenters. The van der Waals surface area contributed by atoms with E-state index in [-0.39, 0.29) is 5.56 Å². The van der Waals surface area contributed by atoms with Crippen LogP contribution >= 0.6 is 15.9 Å². The third kappa shape index (κ3) is 3.07. The van der Waals surface area contributed by atoms with E-state index in [0.717, 1.165) is 5.56 Å². The van der Waals surface area contributed by atoms with E-state index in [0.29, 0.717) is 17.0 Å². The number of aromatic nitrogens is 1. The molecular weight excluding hydrogens is 298 g/mol. The summed E-state index contributed by atoms with van der Waals surface area (Å²) >= 11 is 3.13. The molecule has 0 aliphatic rings. The first-order valence-electron chi connectivity index (χ1n) is 5.22. The minimum Gasteiger partial charge on any atom is -0.478 e. The average Bonchev–Trinajstić information content (AvgIpc) is 2.38. The predicted octanol–water partition coefficient (Wildman–Crippen LogP) is 3.12. The summed E-state index contributed by atoms with van der Waals surface area (Å²) in [7, 11) is 0. The van der Waals surface area contributed by atoms with E-state index in [4.69, 9.17) is 9.84 Å². The van der Waals surface area contributed by atoms with Gasteiger partial charge in [-0.3, -0.25) is 0 Å². The summed E-state index contributed by atoms with van der Waals surface area (Å²) in [6.45, 7) is 0.356. The number of pyridine rings is 1. The smallest absolute Gasteiger partial charge is 0.337 e. The van der Waals surface area contributed by atoms with E-state index >= 15 is 0 Å². The second kappa shape index (κ2) is 5.64. The Hall–Kier alpha value is -1.88. The fourth-order valence-corrected chi connectivity index (χ4v) is 1.78. The zero-order valence-electron chi connectivity index (χ0n) is 9.34. The third-order valence-electron chi connectivity index (χ3n) is 2.29. The zero-order chi connectivity index (χ0) is 13.0. The van der Waals surface area contributed by atoms with Crippen LogP contribution in [0, 0.1) is 0 Å². The molecule has 0 unspecified atom stereocenters. The molecule has 18 heavy (non-hydrogen) atoms. The van der Waals surface area contributed by atoms with Crippen LogP contribution in [0.15, 0.2) is 47.1 Å². The minimum absolute atomic E-state index is 0.132. The monoisotopic (exact) mass is 307 g/mol. The van der Waals surface area contributed by atoms with Gasteiger partial charge in [-0.2, -0.15) is 0 Å². The molecule has 0 bridgehead atoms. The number of hydrogen-bond donors (Lipinski definition) is 1. The van der Waals surface area contributed by atoms with E-state index in [1.165, 1.54) is 12.3 Å². The largest absolute Gasteiger partial charge is 0.478 e. The van der Waals surface area contributed by atoms with Crippen LogP contribution in [-0.4, -0.2) is 16.1 Å². The summed E-state index contributed by atoms with van der Waals surface area (Å²) in [6, 6.07) is 11.0. The molecule has 0 saturated heterocycles. The third-order valence-corrected chi connectivity index (χ3v) is 2.92. The van der Waals surface area contributed by atoms with E-state index in [1.807, 2.05) is 30.3 Å². The normalized spacial score (nSPS) is 10.1. The van der Waals surface area contributed by atoms with Gasteiger partial charge in [0.1, 0.15) is 6.61 Å². The van der Waals surface area contributed by atoms with Crippen molar-refractivity contribution in [3.8, 4) is 5.88 Å². The standard InChI is InChI=1S/C13H10BrNO3/c14-11-7-15-12(6-10(11)13(16)17)18-8-9-4-2-1-3-5-9/h1-7H,8H2,(H,16,17). The molecule has 1 aromatic carbocycles. The molecule has 0 amide bonds. The Morgan fingerprint density at radius 2 is 2.06 bits per heavy atom. The Morgan fingerprint density at radius 1 is 1.33 bits per heavy atom. The van der Waals surface area contributed by atoms with Crippen molar-refractivity contribution in [3.63, 3.8) is 0 Å². The van der Waals surface area contributed by atoms with Crippen LogP contribution in [0.1, 0.15) is 15.9 Å². The maximum absolute atomic E-state index is 10.9. The van der Waals surface area contributed by atoms with Crippen molar-refractivity contribution in [1.29, 1.82) is 0 Å². The molecule has 1 heterocycles. The van der Waals surface area contributed by atoms with Gasteiger partial charge in [0.2, 0.25) is 5.88 Å². The van der Waals surface area contributed by atoms with Gasteiger partial charge in [0.15, 0.2) is 0 Å². The number of rotatable bonds is 4. The molecular formula is C13H10BrNO3. The van der Waals surface area contributed by atoms with Crippen LogP contribution in [0.2, 0.25) is 0 Å². The van der Waals surface area contributed by atoms with Crippen molar-refractivity contribution in [2.24, 2.45) is 0 Å². The summed E-state index contributed by atoms with van der Waals surface area (Å²) < 4.78 is 5.88. The van der Waals surface area contributed by atoms with Gasteiger partial charge in [-0.05, 0) is 21.5 Å². The fourth-order valence-electron chi connectivity index (χ4n) is 1.39. The van der Waals surface area contributed by atoms with Crippen LogP contribution in [0.3, 0.4) is 0 Å². The quantitative estimate of drug-likeness (QED) is 0.943. The van der Waals surface area contributed by atoms with Crippen molar-refractivity contribution in [1.82, 2.24) is 4.98 Å². The predicted molar refractivity (Wildman–Crippen MR) is 69.7 cm³/mol.